The Morgan fingerprint density at radius 1 is 1.30 bits per heavy atom. The van der Waals surface area contributed by atoms with Gasteiger partial charge in [-0.2, -0.15) is 0 Å². The SMILES string of the molecule is CC(CCNS(=O)(=O)CCCC(=O)O)c1ccccc1. The monoisotopic (exact) mass is 299 g/mol. The zero-order valence-electron chi connectivity index (χ0n) is 11.6. The molecule has 0 heterocycles. The van der Waals surface area contributed by atoms with Gasteiger partial charge in [0, 0.05) is 13.0 Å². The van der Waals surface area contributed by atoms with Crippen LogP contribution in [0.15, 0.2) is 30.3 Å². The van der Waals surface area contributed by atoms with Crippen molar-refractivity contribution in [3.05, 3.63) is 35.9 Å². The van der Waals surface area contributed by atoms with Crippen molar-refractivity contribution < 1.29 is 18.3 Å². The van der Waals surface area contributed by atoms with Crippen LogP contribution < -0.4 is 4.72 Å². The number of carbonyl (C=O) groups is 1. The highest BCUT2D eigenvalue weighted by atomic mass is 32.2. The van der Waals surface area contributed by atoms with E-state index in [0.717, 1.165) is 0 Å². The zero-order chi connectivity index (χ0) is 15.0. The molecule has 0 fully saturated rings. The first-order chi connectivity index (χ1) is 9.41. The standard InChI is InChI=1S/C14H21NO4S/c1-12(13-6-3-2-4-7-13)9-10-15-20(18,19)11-5-8-14(16)17/h2-4,6-7,12,15H,5,8-11H2,1H3,(H,16,17). The molecular weight excluding hydrogens is 278 g/mol. The maximum atomic E-state index is 11.6. The lowest BCUT2D eigenvalue weighted by molar-refractivity contribution is -0.137. The molecule has 0 radical (unpaired) electrons. The molecule has 0 saturated heterocycles. The summed E-state index contributed by atoms with van der Waals surface area (Å²) in [5, 5.41) is 8.47. The van der Waals surface area contributed by atoms with Crippen LogP contribution in [0.3, 0.4) is 0 Å². The molecule has 20 heavy (non-hydrogen) atoms. The van der Waals surface area contributed by atoms with Crippen LogP contribution >= 0.6 is 0 Å². The molecule has 0 spiro atoms. The van der Waals surface area contributed by atoms with Crippen molar-refractivity contribution in [2.45, 2.75) is 32.1 Å². The molecule has 0 amide bonds. The van der Waals surface area contributed by atoms with Crippen molar-refractivity contribution in [2.24, 2.45) is 0 Å². The molecule has 2 N–H and O–H groups in total. The maximum absolute atomic E-state index is 11.6. The minimum Gasteiger partial charge on any atom is -0.481 e. The summed E-state index contributed by atoms with van der Waals surface area (Å²) in [6, 6.07) is 9.91. The molecule has 0 saturated carbocycles. The second-order valence-corrected chi connectivity index (χ2v) is 6.74. The van der Waals surface area contributed by atoms with Gasteiger partial charge < -0.3 is 5.11 Å². The third kappa shape index (κ3) is 6.68. The molecule has 112 valence electrons. The number of benzene rings is 1. The molecule has 1 aromatic carbocycles. The zero-order valence-corrected chi connectivity index (χ0v) is 12.4. The maximum Gasteiger partial charge on any atom is 0.303 e. The first-order valence-electron chi connectivity index (χ1n) is 6.65. The van der Waals surface area contributed by atoms with Crippen LogP contribution in [0, 0.1) is 0 Å². The van der Waals surface area contributed by atoms with Crippen molar-refractivity contribution in [3.8, 4) is 0 Å². The Morgan fingerprint density at radius 2 is 1.95 bits per heavy atom. The highest BCUT2D eigenvalue weighted by Gasteiger charge is 2.12. The van der Waals surface area contributed by atoms with Crippen molar-refractivity contribution in [1.29, 1.82) is 0 Å². The van der Waals surface area contributed by atoms with Gasteiger partial charge in [0.15, 0.2) is 0 Å². The van der Waals surface area contributed by atoms with Crippen LogP contribution in [-0.4, -0.2) is 31.8 Å². The van der Waals surface area contributed by atoms with E-state index >= 15 is 0 Å². The van der Waals surface area contributed by atoms with Crippen molar-refractivity contribution >= 4 is 16.0 Å². The van der Waals surface area contributed by atoms with E-state index in [9.17, 15) is 13.2 Å². The Kier molecular flexibility index (Phi) is 6.67. The summed E-state index contributed by atoms with van der Waals surface area (Å²) in [5.74, 6) is -0.838. The molecule has 6 heteroatoms. The average molecular weight is 299 g/mol. The van der Waals surface area contributed by atoms with E-state index in [1.807, 2.05) is 37.3 Å². The van der Waals surface area contributed by atoms with E-state index in [1.54, 1.807) is 0 Å². The van der Waals surface area contributed by atoms with E-state index in [0.29, 0.717) is 13.0 Å². The minimum absolute atomic E-state index is 0.124. The Hall–Kier alpha value is -1.40. The van der Waals surface area contributed by atoms with E-state index in [1.165, 1.54) is 5.56 Å². The van der Waals surface area contributed by atoms with E-state index in [4.69, 9.17) is 5.11 Å². The number of sulfonamides is 1. The van der Waals surface area contributed by atoms with Gasteiger partial charge in [-0.25, -0.2) is 13.1 Å². The summed E-state index contributed by atoms with van der Waals surface area (Å²) >= 11 is 0. The summed E-state index contributed by atoms with van der Waals surface area (Å²) in [7, 11) is -3.37. The Morgan fingerprint density at radius 3 is 2.55 bits per heavy atom. The van der Waals surface area contributed by atoms with Gasteiger partial charge in [-0.1, -0.05) is 37.3 Å². The van der Waals surface area contributed by atoms with E-state index in [-0.39, 0.29) is 24.5 Å². The normalized spacial score (nSPS) is 13.1. The second-order valence-electron chi connectivity index (χ2n) is 4.81. The Labute approximate surface area is 120 Å². The lowest BCUT2D eigenvalue weighted by atomic mass is 9.98. The first kappa shape index (κ1) is 16.7. The second kappa shape index (κ2) is 8.01. The predicted molar refractivity (Wildman–Crippen MR) is 78.1 cm³/mol. The van der Waals surface area contributed by atoms with Gasteiger partial charge in [0.05, 0.1) is 5.75 Å². The fourth-order valence-corrected chi connectivity index (χ4v) is 2.96. The molecule has 0 aliphatic rings. The van der Waals surface area contributed by atoms with Crippen LogP contribution in [-0.2, 0) is 14.8 Å². The summed E-state index contributed by atoms with van der Waals surface area (Å²) in [6.07, 6.45) is 0.725. The van der Waals surface area contributed by atoms with E-state index in [2.05, 4.69) is 4.72 Å². The van der Waals surface area contributed by atoms with Gasteiger partial charge in [-0.15, -0.1) is 0 Å². The Balaban J connectivity index is 2.30. The number of hydrogen-bond acceptors (Lipinski definition) is 3. The molecule has 0 aromatic heterocycles. The molecule has 0 bridgehead atoms. The first-order valence-corrected chi connectivity index (χ1v) is 8.30. The highest BCUT2D eigenvalue weighted by molar-refractivity contribution is 7.89. The van der Waals surface area contributed by atoms with Gasteiger partial charge in [0.1, 0.15) is 0 Å². The molecule has 0 aliphatic carbocycles. The van der Waals surface area contributed by atoms with Crippen molar-refractivity contribution in [1.82, 2.24) is 4.72 Å². The van der Waals surface area contributed by atoms with Gasteiger partial charge >= 0.3 is 5.97 Å². The molecule has 5 nitrogen and oxygen atoms in total. The smallest absolute Gasteiger partial charge is 0.303 e. The van der Waals surface area contributed by atoms with Crippen molar-refractivity contribution in [3.63, 3.8) is 0 Å². The number of aliphatic carboxylic acids is 1. The van der Waals surface area contributed by atoms with Gasteiger partial charge in [0.25, 0.3) is 0 Å². The number of rotatable bonds is 9. The summed E-state index contributed by atoms with van der Waals surface area (Å²) in [4.78, 5) is 10.3. The van der Waals surface area contributed by atoms with Gasteiger partial charge in [-0.05, 0) is 24.3 Å². The van der Waals surface area contributed by atoms with Crippen molar-refractivity contribution in [2.75, 3.05) is 12.3 Å². The minimum atomic E-state index is -3.37. The third-order valence-electron chi connectivity index (χ3n) is 3.07. The largest absolute Gasteiger partial charge is 0.481 e. The van der Waals surface area contributed by atoms with Crippen LogP contribution in [0.1, 0.15) is 37.7 Å². The van der Waals surface area contributed by atoms with Gasteiger partial charge in [-0.3, -0.25) is 4.79 Å². The molecule has 1 aromatic rings. The fourth-order valence-electron chi connectivity index (χ4n) is 1.86. The number of carboxylic acid groups (broad SMARTS) is 1. The molecule has 1 unspecified atom stereocenters. The molecule has 0 aliphatic heterocycles. The van der Waals surface area contributed by atoms with Crippen LogP contribution in [0.4, 0.5) is 0 Å². The quantitative estimate of drug-likeness (QED) is 0.730. The van der Waals surface area contributed by atoms with E-state index < -0.39 is 16.0 Å². The highest BCUT2D eigenvalue weighted by Crippen LogP contribution is 2.17. The van der Waals surface area contributed by atoms with Crippen LogP contribution in [0.25, 0.3) is 0 Å². The summed E-state index contributed by atoms with van der Waals surface area (Å²) in [5.41, 5.74) is 1.18. The van der Waals surface area contributed by atoms with Gasteiger partial charge in [0.2, 0.25) is 10.0 Å². The lowest BCUT2D eigenvalue weighted by Gasteiger charge is -2.12. The summed E-state index contributed by atoms with van der Waals surface area (Å²) in [6.45, 7) is 2.42. The van der Waals surface area contributed by atoms with Crippen LogP contribution in [0.2, 0.25) is 0 Å². The Bertz CT molecular complexity index is 513. The molecule has 1 atom stereocenters. The predicted octanol–water partition coefficient (Wildman–Crippen LogP) is 1.96. The number of nitrogens with one attached hydrogen (secondary N) is 1. The molecular formula is C14H21NO4S. The molecule has 1 rings (SSSR count). The number of carboxylic acids is 1. The lowest BCUT2D eigenvalue weighted by Crippen LogP contribution is -2.28. The average Bonchev–Trinajstić information content (AvgIpc) is 2.38. The summed E-state index contributed by atoms with van der Waals surface area (Å²) < 4.78 is 25.8. The van der Waals surface area contributed by atoms with Crippen LogP contribution in [0.5, 0.6) is 0 Å². The number of hydrogen-bond donors (Lipinski definition) is 2. The third-order valence-corrected chi connectivity index (χ3v) is 4.54. The fraction of sp³-hybridized carbons (Fsp3) is 0.500. The topological polar surface area (TPSA) is 83.5 Å².